The molecule has 1 fully saturated rings. The molecule has 2 atom stereocenters. The van der Waals surface area contributed by atoms with Gasteiger partial charge in [0.25, 0.3) is 0 Å². The fraction of sp³-hybridized carbons (Fsp3) is 0.519. The molecule has 1 aliphatic rings. The second-order valence-electron chi connectivity index (χ2n) is 10.0. The van der Waals surface area contributed by atoms with Crippen LogP contribution in [-0.4, -0.2) is 31.8 Å². The van der Waals surface area contributed by atoms with Crippen LogP contribution < -0.4 is 5.73 Å². The van der Waals surface area contributed by atoms with Gasteiger partial charge in [-0.25, -0.2) is 0 Å². The number of hydrogen-bond donors (Lipinski definition) is 1. The molecule has 2 aromatic carbocycles. The molecular formula is C27H36BrNO3. The lowest BCUT2D eigenvalue weighted by Crippen LogP contribution is -2.38. The Hall–Kier alpha value is -1.69. The van der Waals surface area contributed by atoms with Crippen LogP contribution in [0.1, 0.15) is 72.9 Å². The summed E-state index contributed by atoms with van der Waals surface area (Å²) < 4.78 is 12.1. The van der Waals surface area contributed by atoms with Crippen LogP contribution >= 0.6 is 15.9 Å². The number of rotatable bonds is 10. The molecule has 1 amide bonds. The predicted octanol–water partition coefficient (Wildman–Crippen LogP) is 5.79. The summed E-state index contributed by atoms with van der Waals surface area (Å²) in [4.78, 5) is 12.8. The van der Waals surface area contributed by atoms with Crippen molar-refractivity contribution in [3.05, 3.63) is 68.2 Å². The van der Waals surface area contributed by atoms with Gasteiger partial charge >= 0.3 is 0 Å². The van der Waals surface area contributed by atoms with Crippen molar-refractivity contribution in [1.82, 2.24) is 0 Å². The van der Waals surface area contributed by atoms with Crippen LogP contribution in [0.2, 0.25) is 0 Å². The highest BCUT2D eigenvalue weighted by atomic mass is 79.9. The summed E-state index contributed by atoms with van der Waals surface area (Å²) >= 11 is 3.74. The third-order valence-electron chi connectivity index (χ3n) is 6.52. The molecule has 1 aliphatic heterocycles. The predicted molar refractivity (Wildman–Crippen MR) is 133 cm³/mol. The van der Waals surface area contributed by atoms with Gasteiger partial charge in [-0.15, -0.1) is 0 Å². The largest absolute Gasteiger partial charge is 0.378 e. The number of carbonyl (C=O) groups is 1. The minimum absolute atomic E-state index is 0.195. The zero-order valence-corrected chi connectivity index (χ0v) is 21.7. The number of amides is 1. The van der Waals surface area contributed by atoms with Crippen molar-refractivity contribution in [2.45, 2.75) is 65.9 Å². The smallest absolute Gasteiger partial charge is 0.225 e. The molecular weight excluding hydrogens is 466 g/mol. The van der Waals surface area contributed by atoms with Gasteiger partial charge in [0, 0.05) is 9.89 Å². The Bertz CT molecular complexity index is 962. The van der Waals surface area contributed by atoms with Gasteiger partial charge < -0.3 is 15.2 Å². The highest BCUT2D eigenvalue weighted by Gasteiger charge is 2.38. The molecule has 2 N–H and O–H groups in total. The minimum Gasteiger partial charge on any atom is -0.378 e. The number of halogens is 1. The van der Waals surface area contributed by atoms with Gasteiger partial charge in [0.05, 0.1) is 25.7 Å². The van der Waals surface area contributed by atoms with E-state index in [1.165, 1.54) is 16.7 Å². The molecule has 174 valence electrons. The van der Waals surface area contributed by atoms with E-state index < -0.39 is 11.3 Å². The van der Waals surface area contributed by atoms with Crippen molar-refractivity contribution in [2.24, 2.45) is 11.1 Å². The van der Waals surface area contributed by atoms with Crippen LogP contribution in [-0.2, 0) is 20.7 Å². The Morgan fingerprint density at radius 3 is 2.38 bits per heavy atom. The third kappa shape index (κ3) is 5.81. The van der Waals surface area contributed by atoms with Gasteiger partial charge in [0.15, 0.2) is 0 Å². The number of primary amides is 1. The van der Waals surface area contributed by atoms with Crippen LogP contribution in [0.4, 0.5) is 0 Å². The molecule has 3 rings (SSSR count). The molecule has 1 saturated heterocycles. The van der Waals surface area contributed by atoms with Crippen LogP contribution in [0, 0.1) is 19.3 Å². The van der Waals surface area contributed by atoms with Crippen molar-refractivity contribution in [1.29, 1.82) is 0 Å². The maximum atomic E-state index is 12.8. The first-order valence-corrected chi connectivity index (χ1v) is 12.2. The van der Waals surface area contributed by atoms with E-state index in [1.807, 2.05) is 0 Å². The first-order chi connectivity index (χ1) is 15.0. The summed E-state index contributed by atoms with van der Waals surface area (Å²) in [7, 11) is 0. The molecule has 5 heteroatoms. The van der Waals surface area contributed by atoms with Crippen LogP contribution in [0.25, 0.3) is 0 Å². The Morgan fingerprint density at radius 1 is 1.22 bits per heavy atom. The minimum atomic E-state index is -0.456. The first-order valence-electron chi connectivity index (χ1n) is 11.4. The summed E-state index contributed by atoms with van der Waals surface area (Å²) in [5.41, 5.74) is 12.5. The highest BCUT2D eigenvalue weighted by Crippen LogP contribution is 2.42. The van der Waals surface area contributed by atoms with E-state index in [0.29, 0.717) is 19.1 Å². The standard InChI is InChI=1S/C27H36BrNO3/c1-16(2)20-9-7-19(8-10-20)11-21-12-23(28)18(4)24(17(21)3)25(26(29)30)27(5,6)15-31-13-22-14-32-22/h7-10,12,16,22,25H,11,13-15H2,1-6H3,(H2,29,30). The average molecular weight is 502 g/mol. The molecule has 0 aliphatic carbocycles. The number of epoxide rings is 1. The third-order valence-corrected chi connectivity index (χ3v) is 7.35. The van der Waals surface area contributed by atoms with Gasteiger partial charge in [-0.05, 0) is 65.6 Å². The second kappa shape index (κ2) is 10.1. The van der Waals surface area contributed by atoms with Crippen molar-refractivity contribution < 1.29 is 14.3 Å². The number of hydrogen-bond acceptors (Lipinski definition) is 3. The molecule has 32 heavy (non-hydrogen) atoms. The number of benzene rings is 2. The molecule has 0 saturated carbocycles. The molecule has 0 aromatic heterocycles. The number of nitrogens with two attached hydrogens (primary N) is 1. The normalized spacial score (nSPS) is 16.9. The molecule has 0 bridgehead atoms. The van der Waals surface area contributed by atoms with Crippen LogP contribution in [0.5, 0.6) is 0 Å². The highest BCUT2D eigenvalue weighted by molar-refractivity contribution is 9.10. The van der Waals surface area contributed by atoms with Crippen LogP contribution in [0.15, 0.2) is 34.8 Å². The lowest BCUT2D eigenvalue weighted by molar-refractivity contribution is -0.123. The van der Waals surface area contributed by atoms with Gasteiger partial charge in [-0.1, -0.05) is 67.9 Å². The summed E-state index contributed by atoms with van der Waals surface area (Å²) in [5, 5.41) is 0. The van der Waals surface area contributed by atoms with E-state index in [1.54, 1.807) is 0 Å². The van der Waals surface area contributed by atoms with Gasteiger partial charge in [0.1, 0.15) is 6.10 Å². The quantitative estimate of drug-likeness (QED) is 0.418. The first kappa shape index (κ1) is 24.9. The topological polar surface area (TPSA) is 64.9 Å². The fourth-order valence-corrected chi connectivity index (χ4v) is 4.92. The fourth-order valence-electron chi connectivity index (χ4n) is 4.43. The Kier molecular flexibility index (Phi) is 7.85. The lowest BCUT2D eigenvalue weighted by atomic mass is 9.71. The van der Waals surface area contributed by atoms with E-state index in [4.69, 9.17) is 15.2 Å². The zero-order chi connectivity index (χ0) is 23.6. The summed E-state index contributed by atoms with van der Waals surface area (Å²) in [6, 6.07) is 11.0. The van der Waals surface area contributed by atoms with Gasteiger partial charge in [0.2, 0.25) is 5.91 Å². The van der Waals surface area contributed by atoms with E-state index in [2.05, 4.69) is 87.8 Å². The molecule has 1 heterocycles. The molecule has 4 nitrogen and oxygen atoms in total. The van der Waals surface area contributed by atoms with Crippen molar-refractivity contribution in [3.8, 4) is 0 Å². The number of carbonyl (C=O) groups excluding carboxylic acids is 1. The van der Waals surface area contributed by atoms with Crippen molar-refractivity contribution in [3.63, 3.8) is 0 Å². The monoisotopic (exact) mass is 501 g/mol. The van der Waals surface area contributed by atoms with Crippen molar-refractivity contribution >= 4 is 21.8 Å². The summed E-state index contributed by atoms with van der Waals surface area (Å²) in [6.45, 7) is 14.4. The zero-order valence-electron chi connectivity index (χ0n) is 20.1. The van der Waals surface area contributed by atoms with E-state index in [0.717, 1.165) is 34.2 Å². The average Bonchev–Trinajstić information content (AvgIpc) is 3.53. The Balaban J connectivity index is 1.94. The molecule has 2 unspecified atom stereocenters. The van der Waals surface area contributed by atoms with E-state index in [9.17, 15) is 4.79 Å². The molecule has 0 radical (unpaired) electrons. The summed E-state index contributed by atoms with van der Waals surface area (Å²) in [5.74, 6) is -0.266. The summed E-state index contributed by atoms with van der Waals surface area (Å²) in [6.07, 6.45) is 0.998. The van der Waals surface area contributed by atoms with Gasteiger partial charge in [-0.3, -0.25) is 4.79 Å². The second-order valence-corrected chi connectivity index (χ2v) is 10.9. The van der Waals surface area contributed by atoms with Gasteiger partial charge in [-0.2, -0.15) is 0 Å². The molecule has 2 aromatic rings. The van der Waals surface area contributed by atoms with Crippen molar-refractivity contribution in [2.75, 3.05) is 19.8 Å². The van der Waals surface area contributed by atoms with E-state index >= 15 is 0 Å². The lowest BCUT2D eigenvalue weighted by Gasteiger charge is -2.35. The maximum Gasteiger partial charge on any atom is 0.225 e. The SMILES string of the molecule is Cc1c(Br)cc(Cc2ccc(C(C)C)cc2)c(C)c1C(C(N)=O)C(C)(C)COCC1CO1. The maximum absolute atomic E-state index is 12.8. The number of ether oxygens (including phenoxy) is 2. The Morgan fingerprint density at radius 2 is 1.84 bits per heavy atom. The van der Waals surface area contributed by atoms with E-state index in [-0.39, 0.29) is 12.0 Å². The Labute approximate surface area is 201 Å². The molecule has 0 spiro atoms. The van der Waals surface area contributed by atoms with Crippen LogP contribution in [0.3, 0.4) is 0 Å².